The molecule has 3 saturated heterocycles. The van der Waals surface area contributed by atoms with E-state index in [1.165, 1.54) is 4.67 Å². The van der Waals surface area contributed by atoms with E-state index in [0.717, 1.165) is 4.90 Å². The van der Waals surface area contributed by atoms with Gasteiger partial charge in [0.25, 0.3) is 0 Å². The van der Waals surface area contributed by atoms with Crippen molar-refractivity contribution in [1.29, 1.82) is 0 Å². The summed E-state index contributed by atoms with van der Waals surface area (Å²) in [5.74, 6) is -0.439. The zero-order valence-corrected chi connectivity index (χ0v) is 14.8. The normalized spacial score (nSPS) is 36.0. The van der Waals surface area contributed by atoms with E-state index in [1.54, 1.807) is 0 Å². The molecule has 1 unspecified atom stereocenters. The van der Waals surface area contributed by atoms with E-state index in [0.29, 0.717) is 13.2 Å². The van der Waals surface area contributed by atoms with Crippen molar-refractivity contribution < 1.29 is 43.3 Å². The zero-order chi connectivity index (χ0) is 18.9. The summed E-state index contributed by atoms with van der Waals surface area (Å²) in [6.07, 6.45) is -5.12. The van der Waals surface area contributed by atoms with Crippen LogP contribution in [0, 0.1) is 0 Å². The Balaban J connectivity index is 1.58. The first-order valence-electron chi connectivity index (χ1n) is 8.22. The van der Waals surface area contributed by atoms with Gasteiger partial charge in [-0.3, -0.25) is 19.5 Å². The molecule has 26 heavy (non-hydrogen) atoms. The Hall–Kier alpha value is -1.11. The van der Waals surface area contributed by atoms with Gasteiger partial charge in [0.05, 0.1) is 19.8 Å². The SMILES string of the molecule is O=C1CCN([C@@H]2O[C@H](COP(=O)(O)N3CCOCC3)[C@@H](O)[C@H]2O)C(=O)N1. The highest BCUT2D eigenvalue weighted by Crippen LogP contribution is 2.47. The molecule has 12 nitrogen and oxygen atoms in total. The van der Waals surface area contributed by atoms with Crippen LogP contribution in [0.3, 0.4) is 0 Å². The summed E-state index contributed by atoms with van der Waals surface area (Å²) in [5.41, 5.74) is 0. The second-order valence-electron chi connectivity index (χ2n) is 6.20. The Kier molecular flexibility index (Phi) is 5.94. The van der Waals surface area contributed by atoms with E-state index in [1.807, 2.05) is 0 Å². The van der Waals surface area contributed by atoms with Crippen LogP contribution >= 0.6 is 7.75 Å². The van der Waals surface area contributed by atoms with E-state index in [9.17, 15) is 29.3 Å². The van der Waals surface area contributed by atoms with Crippen LogP contribution in [0.15, 0.2) is 0 Å². The predicted octanol–water partition coefficient (Wildman–Crippen LogP) is -2.18. The lowest BCUT2D eigenvalue weighted by Gasteiger charge is -2.33. The van der Waals surface area contributed by atoms with Crippen molar-refractivity contribution >= 4 is 19.7 Å². The molecule has 0 radical (unpaired) electrons. The molecule has 0 saturated carbocycles. The number of hydrogen-bond acceptors (Lipinski definition) is 8. The first kappa shape index (κ1) is 19.6. The van der Waals surface area contributed by atoms with Gasteiger partial charge in [-0.15, -0.1) is 0 Å². The summed E-state index contributed by atoms with van der Waals surface area (Å²) in [5, 5.41) is 22.4. The van der Waals surface area contributed by atoms with Crippen LogP contribution in [0.5, 0.6) is 0 Å². The third kappa shape index (κ3) is 4.07. The summed E-state index contributed by atoms with van der Waals surface area (Å²) < 4.78 is 29.2. The average molecular weight is 395 g/mol. The van der Waals surface area contributed by atoms with Crippen LogP contribution in [0.25, 0.3) is 0 Å². The number of nitrogens with one attached hydrogen (secondary N) is 1. The number of morpholine rings is 1. The van der Waals surface area contributed by atoms with E-state index in [-0.39, 0.29) is 26.1 Å². The van der Waals surface area contributed by atoms with Gasteiger partial charge in [-0.1, -0.05) is 0 Å². The first-order valence-corrected chi connectivity index (χ1v) is 9.75. The van der Waals surface area contributed by atoms with Gasteiger partial charge in [-0.2, -0.15) is 0 Å². The van der Waals surface area contributed by atoms with Crippen molar-refractivity contribution in [1.82, 2.24) is 14.9 Å². The van der Waals surface area contributed by atoms with Crippen molar-refractivity contribution in [3.8, 4) is 0 Å². The number of nitrogens with zero attached hydrogens (tertiary/aromatic N) is 2. The van der Waals surface area contributed by atoms with Crippen LogP contribution in [-0.2, 0) is 23.4 Å². The zero-order valence-electron chi connectivity index (χ0n) is 13.9. The van der Waals surface area contributed by atoms with Crippen molar-refractivity contribution in [2.24, 2.45) is 0 Å². The number of aliphatic hydroxyl groups excluding tert-OH is 2. The van der Waals surface area contributed by atoms with Crippen molar-refractivity contribution in [2.45, 2.75) is 31.0 Å². The summed E-state index contributed by atoms with van der Waals surface area (Å²) >= 11 is 0. The number of rotatable bonds is 5. The molecule has 5 atom stereocenters. The number of ether oxygens (including phenoxy) is 2. The molecule has 0 aromatic heterocycles. The Bertz CT molecular complexity index is 599. The molecule has 0 aromatic rings. The van der Waals surface area contributed by atoms with Gasteiger partial charge in [0.15, 0.2) is 6.23 Å². The maximum atomic E-state index is 12.3. The largest absolute Gasteiger partial charge is 0.405 e. The Morgan fingerprint density at radius 3 is 2.54 bits per heavy atom. The predicted molar refractivity (Wildman–Crippen MR) is 83.7 cm³/mol. The molecule has 4 N–H and O–H groups in total. The van der Waals surface area contributed by atoms with Gasteiger partial charge >= 0.3 is 13.8 Å². The third-order valence-corrected chi connectivity index (χ3v) is 6.08. The molecule has 3 amide bonds. The van der Waals surface area contributed by atoms with Crippen LogP contribution in [0.1, 0.15) is 6.42 Å². The third-order valence-electron chi connectivity index (χ3n) is 4.48. The lowest BCUT2D eigenvalue weighted by molar-refractivity contribution is -0.125. The van der Waals surface area contributed by atoms with Gasteiger partial charge in [-0.25, -0.2) is 14.0 Å². The Labute approximate surface area is 149 Å². The van der Waals surface area contributed by atoms with E-state index in [2.05, 4.69) is 5.32 Å². The second kappa shape index (κ2) is 7.87. The highest BCUT2D eigenvalue weighted by atomic mass is 31.2. The number of urea groups is 1. The standard InChI is InChI=1S/C13H22N3O9P/c17-9-1-2-16(13(20)14-9)12-11(19)10(18)8(25-12)7-24-26(21,22)15-3-5-23-6-4-15/h8,10-12,18-19H,1-7H2,(H,21,22)(H,14,17,20)/t8-,10-,11-,12-/m1/s1. The average Bonchev–Trinajstić information content (AvgIpc) is 2.89. The van der Waals surface area contributed by atoms with Crippen LogP contribution < -0.4 is 5.32 Å². The molecule has 0 spiro atoms. The van der Waals surface area contributed by atoms with Gasteiger partial charge in [0, 0.05) is 26.1 Å². The molecule has 0 aliphatic carbocycles. The molecule has 3 heterocycles. The van der Waals surface area contributed by atoms with Crippen LogP contribution in [0.4, 0.5) is 4.79 Å². The van der Waals surface area contributed by atoms with E-state index in [4.69, 9.17) is 14.0 Å². The van der Waals surface area contributed by atoms with Gasteiger partial charge in [0.2, 0.25) is 5.91 Å². The molecule has 3 aliphatic rings. The molecule has 3 rings (SSSR count). The highest BCUT2D eigenvalue weighted by molar-refractivity contribution is 7.50. The maximum Gasteiger partial charge on any atom is 0.405 e. The summed E-state index contributed by atoms with van der Waals surface area (Å²) in [7, 11) is -4.10. The first-order chi connectivity index (χ1) is 12.3. The van der Waals surface area contributed by atoms with Gasteiger partial charge in [-0.05, 0) is 0 Å². The van der Waals surface area contributed by atoms with E-state index >= 15 is 0 Å². The second-order valence-corrected chi connectivity index (χ2v) is 8.00. The fraction of sp³-hybridized carbons (Fsp3) is 0.846. The molecule has 13 heteroatoms. The minimum atomic E-state index is -4.10. The van der Waals surface area contributed by atoms with E-state index < -0.39 is 50.8 Å². The molecule has 0 aromatic carbocycles. The molecule has 148 valence electrons. The lowest BCUT2D eigenvalue weighted by Crippen LogP contribution is -2.56. The molecule has 0 bridgehead atoms. The molecular weight excluding hydrogens is 373 g/mol. The summed E-state index contributed by atoms with van der Waals surface area (Å²) in [4.78, 5) is 34.2. The number of imide groups is 1. The fourth-order valence-electron chi connectivity index (χ4n) is 3.00. The lowest BCUT2D eigenvalue weighted by atomic mass is 10.1. The quantitative estimate of drug-likeness (QED) is 0.377. The molecule has 3 fully saturated rings. The smallest absolute Gasteiger partial charge is 0.387 e. The number of carbonyl (C=O) groups excluding carboxylic acids is 2. The maximum absolute atomic E-state index is 12.3. The summed E-state index contributed by atoms with van der Waals surface area (Å²) in [6, 6.07) is -0.736. The highest BCUT2D eigenvalue weighted by Gasteiger charge is 2.48. The number of hydrogen-bond donors (Lipinski definition) is 4. The van der Waals surface area contributed by atoms with Gasteiger partial charge < -0.3 is 24.6 Å². The molecule has 3 aliphatic heterocycles. The Morgan fingerprint density at radius 2 is 1.88 bits per heavy atom. The van der Waals surface area contributed by atoms with Crippen LogP contribution in [-0.4, -0.2) is 101 Å². The minimum Gasteiger partial charge on any atom is -0.387 e. The number of aliphatic hydroxyl groups is 2. The number of amides is 3. The summed E-state index contributed by atoms with van der Waals surface area (Å²) in [6.45, 7) is 0.650. The van der Waals surface area contributed by atoms with Gasteiger partial charge in [0.1, 0.15) is 18.3 Å². The number of carbonyl (C=O) groups is 2. The minimum absolute atomic E-state index is 0.0267. The monoisotopic (exact) mass is 395 g/mol. The van der Waals surface area contributed by atoms with Crippen molar-refractivity contribution in [3.05, 3.63) is 0 Å². The topological polar surface area (TPSA) is 158 Å². The van der Waals surface area contributed by atoms with Crippen LogP contribution in [0.2, 0.25) is 0 Å². The fourth-order valence-corrected chi connectivity index (χ4v) is 4.18. The Morgan fingerprint density at radius 1 is 1.19 bits per heavy atom. The molecular formula is C13H22N3O9P. The van der Waals surface area contributed by atoms with Crippen molar-refractivity contribution in [3.63, 3.8) is 0 Å². The van der Waals surface area contributed by atoms with Crippen molar-refractivity contribution in [2.75, 3.05) is 39.5 Å².